The normalized spacial score (nSPS) is 19.2. The van der Waals surface area contributed by atoms with Crippen molar-refractivity contribution in [2.45, 2.75) is 38.6 Å². The SMILES string of the molecule is CCC(CN)(Nc1ccc(C)cc1)C1CC1. The number of benzene rings is 1. The Labute approximate surface area is 98.2 Å². The largest absolute Gasteiger partial charge is 0.378 e. The smallest absolute Gasteiger partial charge is 0.0521 e. The molecule has 1 aliphatic rings. The van der Waals surface area contributed by atoms with E-state index >= 15 is 0 Å². The average Bonchev–Trinajstić information content (AvgIpc) is 3.13. The maximum absolute atomic E-state index is 5.97. The van der Waals surface area contributed by atoms with Crippen LogP contribution in [0.4, 0.5) is 5.69 Å². The molecule has 0 amide bonds. The van der Waals surface area contributed by atoms with Crippen LogP contribution >= 0.6 is 0 Å². The van der Waals surface area contributed by atoms with Gasteiger partial charge in [0.2, 0.25) is 0 Å². The van der Waals surface area contributed by atoms with Gasteiger partial charge in [-0.1, -0.05) is 24.6 Å². The molecular weight excluding hydrogens is 196 g/mol. The van der Waals surface area contributed by atoms with Crippen LogP contribution < -0.4 is 11.1 Å². The van der Waals surface area contributed by atoms with Crippen molar-refractivity contribution in [3.63, 3.8) is 0 Å². The highest BCUT2D eigenvalue weighted by molar-refractivity contribution is 5.47. The molecule has 2 nitrogen and oxygen atoms in total. The predicted molar refractivity (Wildman–Crippen MR) is 69.6 cm³/mol. The minimum Gasteiger partial charge on any atom is -0.378 e. The zero-order valence-corrected chi connectivity index (χ0v) is 10.3. The van der Waals surface area contributed by atoms with Gasteiger partial charge in [0, 0.05) is 12.2 Å². The first-order valence-electron chi connectivity index (χ1n) is 6.25. The molecule has 1 unspecified atom stereocenters. The van der Waals surface area contributed by atoms with Crippen molar-refractivity contribution in [1.82, 2.24) is 0 Å². The van der Waals surface area contributed by atoms with Crippen molar-refractivity contribution >= 4 is 5.69 Å². The fourth-order valence-electron chi connectivity index (χ4n) is 2.40. The van der Waals surface area contributed by atoms with Crippen LogP contribution in [0, 0.1) is 12.8 Å². The van der Waals surface area contributed by atoms with Gasteiger partial charge < -0.3 is 11.1 Å². The van der Waals surface area contributed by atoms with Crippen molar-refractivity contribution in [2.75, 3.05) is 11.9 Å². The highest BCUT2D eigenvalue weighted by Gasteiger charge is 2.42. The van der Waals surface area contributed by atoms with Crippen LogP contribution in [0.1, 0.15) is 31.7 Å². The van der Waals surface area contributed by atoms with E-state index in [2.05, 4.69) is 43.4 Å². The van der Waals surface area contributed by atoms with Crippen LogP contribution in [0.2, 0.25) is 0 Å². The van der Waals surface area contributed by atoms with Gasteiger partial charge in [0.25, 0.3) is 0 Å². The van der Waals surface area contributed by atoms with Crippen molar-refractivity contribution in [1.29, 1.82) is 0 Å². The maximum Gasteiger partial charge on any atom is 0.0521 e. The molecule has 0 radical (unpaired) electrons. The Bertz CT molecular complexity index is 334. The summed E-state index contributed by atoms with van der Waals surface area (Å²) < 4.78 is 0. The van der Waals surface area contributed by atoms with Crippen molar-refractivity contribution < 1.29 is 0 Å². The topological polar surface area (TPSA) is 38.0 Å². The Hall–Kier alpha value is -1.02. The lowest BCUT2D eigenvalue weighted by Crippen LogP contribution is -2.47. The molecule has 16 heavy (non-hydrogen) atoms. The van der Waals surface area contributed by atoms with E-state index in [1.165, 1.54) is 24.1 Å². The third-order valence-corrected chi connectivity index (χ3v) is 3.80. The molecule has 1 saturated carbocycles. The Balaban J connectivity index is 2.13. The van der Waals surface area contributed by atoms with Gasteiger partial charge in [0.15, 0.2) is 0 Å². The molecule has 1 aromatic carbocycles. The Kier molecular flexibility index (Phi) is 3.20. The third kappa shape index (κ3) is 2.22. The minimum atomic E-state index is 0.120. The van der Waals surface area contributed by atoms with E-state index < -0.39 is 0 Å². The van der Waals surface area contributed by atoms with E-state index in [1.807, 2.05) is 0 Å². The van der Waals surface area contributed by atoms with Gasteiger partial charge in [0.05, 0.1) is 5.54 Å². The van der Waals surface area contributed by atoms with E-state index in [0.717, 1.165) is 18.9 Å². The van der Waals surface area contributed by atoms with Crippen LogP contribution in [0.3, 0.4) is 0 Å². The molecule has 0 saturated heterocycles. The second kappa shape index (κ2) is 4.46. The molecule has 1 atom stereocenters. The number of nitrogens with two attached hydrogens (primary N) is 1. The van der Waals surface area contributed by atoms with E-state index in [4.69, 9.17) is 5.73 Å². The van der Waals surface area contributed by atoms with Gasteiger partial charge in [-0.25, -0.2) is 0 Å². The number of rotatable bonds is 5. The lowest BCUT2D eigenvalue weighted by molar-refractivity contribution is 0.404. The fourth-order valence-corrected chi connectivity index (χ4v) is 2.40. The zero-order valence-electron chi connectivity index (χ0n) is 10.3. The fraction of sp³-hybridized carbons (Fsp3) is 0.571. The summed E-state index contributed by atoms with van der Waals surface area (Å²) in [5, 5.41) is 3.66. The Morgan fingerprint density at radius 3 is 2.38 bits per heavy atom. The zero-order chi connectivity index (χ0) is 11.6. The number of hydrogen-bond acceptors (Lipinski definition) is 2. The first-order valence-corrected chi connectivity index (χ1v) is 6.25. The predicted octanol–water partition coefficient (Wildman–Crippen LogP) is 2.92. The molecular formula is C14H22N2. The second-order valence-corrected chi connectivity index (χ2v) is 4.98. The summed E-state index contributed by atoms with van der Waals surface area (Å²) in [5.41, 5.74) is 8.59. The first kappa shape index (κ1) is 11.5. The van der Waals surface area contributed by atoms with Gasteiger partial charge in [-0.3, -0.25) is 0 Å². The molecule has 2 rings (SSSR count). The highest BCUT2D eigenvalue weighted by Crippen LogP contribution is 2.42. The van der Waals surface area contributed by atoms with Crippen LogP contribution in [0.25, 0.3) is 0 Å². The molecule has 3 N–H and O–H groups in total. The van der Waals surface area contributed by atoms with Crippen molar-refractivity contribution in [3.05, 3.63) is 29.8 Å². The summed E-state index contributed by atoms with van der Waals surface area (Å²) >= 11 is 0. The van der Waals surface area contributed by atoms with Crippen LogP contribution in [-0.4, -0.2) is 12.1 Å². The lowest BCUT2D eigenvalue weighted by Gasteiger charge is -2.34. The van der Waals surface area contributed by atoms with Crippen LogP contribution in [-0.2, 0) is 0 Å². The quantitative estimate of drug-likeness (QED) is 0.797. The second-order valence-electron chi connectivity index (χ2n) is 4.98. The van der Waals surface area contributed by atoms with Gasteiger partial charge in [-0.2, -0.15) is 0 Å². The summed E-state index contributed by atoms with van der Waals surface area (Å²) in [7, 11) is 0. The summed E-state index contributed by atoms with van der Waals surface area (Å²) in [6.45, 7) is 5.06. The molecule has 1 aromatic rings. The van der Waals surface area contributed by atoms with Crippen LogP contribution in [0.5, 0.6) is 0 Å². The van der Waals surface area contributed by atoms with Gasteiger partial charge in [-0.15, -0.1) is 0 Å². The van der Waals surface area contributed by atoms with E-state index in [9.17, 15) is 0 Å². The van der Waals surface area contributed by atoms with E-state index in [0.29, 0.717) is 0 Å². The number of nitrogens with one attached hydrogen (secondary N) is 1. The number of anilines is 1. The third-order valence-electron chi connectivity index (χ3n) is 3.80. The maximum atomic E-state index is 5.97. The molecule has 0 spiro atoms. The van der Waals surface area contributed by atoms with Crippen molar-refractivity contribution in [2.24, 2.45) is 11.7 Å². The molecule has 0 aromatic heterocycles. The summed E-state index contributed by atoms with van der Waals surface area (Å²) in [5.74, 6) is 0.767. The summed E-state index contributed by atoms with van der Waals surface area (Å²) in [4.78, 5) is 0. The van der Waals surface area contributed by atoms with Gasteiger partial charge >= 0.3 is 0 Å². The minimum absolute atomic E-state index is 0.120. The molecule has 1 aliphatic carbocycles. The molecule has 2 heteroatoms. The summed E-state index contributed by atoms with van der Waals surface area (Å²) in [6.07, 6.45) is 3.75. The van der Waals surface area contributed by atoms with Gasteiger partial charge in [0.1, 0.15) is 0 Å². The summed E-state index contributed by atoms with van der Waals surface area (Å²) in [6, 6.07) is 8.59. The van der Waals surface area contributed by atoms with Gasteiger partial charge in [-0.05, 0) is 44.2 Å². The van der Waals surface area contributed by atoms with E-state index in [1.54, 1.807) is 0 Å². The Morgan fingerprint density at radius 2 is 1.94 bits per heavy atom. The molecule has 0 bridgehead atoms. The molecule has 0 aliphatic heterocycles. The van der Waals surface area contributed by atoms with Crippen molar-refractivity contribution in [3.8, 4) is 0 Å². The van der Waals surface area contributed by atoms with E-state index in [-0.39, 0.29) is 5.54 Å². The Morgan fingerprint density at radius 1 is 1.31 bits per heavy atom. The molecule has 0 heterocycles. The lowest BCUT2D eigenvalue weighted by atomic mass is 9.89. The standard InChI is InChI=1S/C14H22N2/c1-3-14(10-15,12-6-7-12)16-13-8-4-11(2)5-9-13/h4-5,8-9,12,16H,3,6-7,10,15H2,1-2H3. The number of aryl methyl sites for hydroxylation is 1. The molecule has 88 valence electrons. The van der Waals surface area contributed by atoms with Crippen LogP contribution in [0.15, 0.2) is 24.3 Å². The average molecular weight is 218 g/mol. The first-order chi connectivity index (χ1) is 7.70. The molecule has 1 fully saturated rings. The monoisotopic (exact) mass is 218 g/mol. The highest BCUT2D eigenvalue weighted by atomic mass is 15.0. The number of hydrogen-bond donors (Lipinski definition) is 2.